The maximum atomic E-state index is 11.7. The Hall–Kier alpha value is -2.73. The van der Waals surface area contributed by atoms with Gasteiger partial charge in [0.2, 0.25) is 0 Å². The molecular formula is C19H23N3O3. The van der Waals surface area contributed by atoms with Crippen molar-refractivity contribution in [2.24, 2.45) is 12.0 Å². The molecule has 6 heteroatoms. The van der Waals surface area contributed by atoms with Crippen molar-refractivity contribution < 1.29 is 9.90 Å². The van der Waals surface area contributed by atoms with Crippen LogP contribution in [0, 0.1) is 6.92 Å². The van der Waals surface area contributed by atoms with Gasteiger partial charge in [-0.05, 0) is 37.1 Å². The van der Waals surface area contributed by atoms with Crippen LogP contribution >= 0.6 is 0 Å². The number of nitrogens with zero attached hydrogens (tertiary/aromatic N) is 2. The molecule has 0 unspecified atom stereocenters. The summed E-state index contributed by atoms with van der Waals surface area (Å²) in [5, 5.41) is 12.1. The van der Waals surface area contributed by atoms with E-state index >= 15 is 0 Å². The molecule has 2 aromatic rings. The van der Waals surface area contributed by atoms with Gasteiger partial charge in [-0.25, -0.2) is 0 Å². The van der Waals surface area contributed by atoms with Crippen molar-refractivity contribution in [1.29, 1.82) is 0 Å². The van der Waals surface area contributed by atoms with E-state index in [-0.39, 0.29) is 5.56 Å². The first-order valence-electron chi connectivity index (χ1n) is 8.17. The Balaban J connectivity index is 2.11. The molecule has 25 heavy (non-hydrogen) atoms. The van der Waals surface area contributed by atoms with E-state index in [1.807, 2.05) is 31.2 Å². The van der Waals surface area contributed by atoms with Crippen LogP contribution in [0.4, 0.5) is 5.69 Å². The van der Waals surface area contributed by atoms with Crippen molar-refractivity contribution in [3.05, 3.63) is 63.6 Å². The quantitative estimate of drug-likeness (QED) is 0.758. The third-order valence-corrected chi connectivity index (χ3v) is 3.92. The van der Waals surface area contributed by atoms with E-state index in [2.05, 4.69) is 10.3 Å². The van der Waals surface area contributed by atoms with Gasteiger partial charge in [-0.15, -0.1) is 0 Å². The second kappa shape index (κ2) is 8.39. The van der Waals surface area contributed by atoms with Gasteiger partial charge in [-0.1, -0.05) is 19.1 Å². The smallest absolute Gasteiger partial charge is 0.320 e. The molecular weight excluding hydrogens is 318 g/mol. The molecule has 6 nitrogen and oxygen atoms in total. The third kappa shape index (κ3) is 5.12. The number of hydrogen-bond acceptors (Lipinski definition) is 4. The number of aryl methyl sites for hydroxylation is 2. The number of aromatic nitrogens is 1. The second-order valence-electron chi connectivity index (χ2n) is 5.98. The molecule has 1 atom stereocenters. The zero-order valence-electron chi connectivity index (χ0n) is 14.7. The van der Waals surface area contributed by atoms with Gasteiger partial charge < -0.3 is 15.0 Å². The first-order chi connectivity index (χ1) is 11.9. The Morgan fingerprint density at radius 2 is 2.16 bits per heavy atom. The lowest BCUT2D eigenvalue weighted by Gasteiger charge is -2.12. The van der Waals surface area contributed by atoms with E-state index in [0.717, 1.165) is 16.8 Å². The molecule has 2 N–H and O–H groups in total. The Kier molecular flexibility index (Phi) is 6.25. The molecule has 0 amide bonds. The van der Waals surface area contributed by atoms with Crippen LogP contribution in [0.25, 0.3) is 0 Å². The molecule has 0 saturated carbocycles. The summed E-state index contributed by atoms with van der Waals surface area (Å²) in [5.74, 6) is -0.846. The zero-order valence-corrected chi connectivity index (χ0v) is 14.7. The van der Waals surface area contributed by atoms with Crippen molar-refractivity contribution in [3.8, 4) is 0 Å². The highest BCUT2D eigenvalue weighted by Crippen LogP contribution is 2.14. The van der Waals surface area contributed by atoms with Crippen molar-refractivity contribution in [3.63, 3.8) is 0 Å². The Bertz CT molecular complexity index is 814. The number of aliphatic imine (C=N–C) groups is 1. The minimum absolute atomic E-state index is 0.0193. The molecule has 0 aliphatic rings. The van der Waals surface area contributed by atoms with Gasteiger partial charge in [-0.2, -0.15) is 0 Å². The topological polar surface area (TPSA) is 83.7 Å². The lowest BCUT2D eigenvalue weighted by atomic mass is 10.1. The predicted molar refractivity (Wildman–Crippen MR) is 98.7 cm³/mol. The van der Waals surface area contributed by atoms with Gasteiger partial charge in [0.1, 0.15) is 6.04 Å². The van der Waals surface area contributed by atoms with Crippen molar-refractivity contribution in [2.45, 2.75) is 32.9 Å². The Labute approximate surface area is 146 Å². The fourth-order valence-corrected chi connectivity index (χ4v) is 2.52. The average Bonchev–Trinajstić information content (AvgIpc) is 2.58. The van der Waals surface area contributed by atoms with E-state index in [0.29, 0.717) is 18.5 Å². The molecule has 1 aromatic heterocycles. The predicted octanol–water partition coefficient (Wildman–Crippen LogP) is 2.40. The van der Waals surface area contributed by atoms with Gasteiger partial charge in [0.25, 0.3) is 5.56 Å². The van der Waals surface area contributed by atoms with Crippen LogP contribution in [0.2, 0.25) is 0 Å². The average molecular weight is 341 g/mol. The number of rotatable bonds is 7. The summed E-state index contributed by atoms with van der Waals surface area (Å²) in [7, 11) is 1.71. The summed E-state index contributed by atoms with van der Waals surface area (Å²) < 4.78 is 1.54. The highest BCUT2D eigenvalue weighted by atomic mass is 16.4. The first-order valence-corrected chi connectivity index (χ1v) is 8.17. The van der Waals surface area contributed by atoms with E-state index < -0.39 is 12.0 Å². The second-order valence-corrected chi connectivity index (χ2v) is 5.98. The van der Waals surface area contributed by atoms with Crippen LogP contribution < -0.4 is 10.9 Å². The van der Waals surface area contributed by atoms with Gasteiger partial charge in [0, 0.05) is 37.1 Å². The largest absolute Gasteiger partial charge is 0.480 e. The van der Waals surface area contributed by atoms with Crippen molar-refractivity contribution in [1.82, 2.24) is 9.88 Å². The minimum atomic E-state index is -0.846. The first kappa shape index (κ1) is 18.6. The van der Waals surface area contributed by atoms with Crippen molar-refractivity contribution in [2.75, 3.05) is 0 Å². The number of pyridine rings is 1. The fourth-order valence-electron chi connectivity index (χ4n) is 2.52. The Morgan fingerprint density at radius 3 is 2.80 bits per heavy atom. The maximum Gasteiger partial charge on any atom is 0.320 e. The standard InChI is InChI=1S/C19H23N3O3/c1-4-17(19(24)25)21-10-14-6-5-7-16(9-14)20-11-15-8-13(2)18(23)22(3)12-15/h5-9,11-12,17,21H,4,10H2,1-3H3,(H,24,25)/t17-/m0/s1. The SMILES string of the molecule is CC[C@H](NCc1cccc(N=Cc2cc(C)c(=O)n(C)c2)c1)C(=O)O. The van der Waals surface area contributed by atoms with Gasteiger partial charge in [-0.3, -0.25) is 14.6 Å². The van der Waals surface area contributed by atoms with E-state index in [9.17, 15) is 9.59 Å². The third-order valence-electron chi connectivity index (χ3n) is 3.92. The molecule has 0 fully saturated rings. The number of nitrogens with one attached hydrogen (secondary N) is 1. The van der Waals surface area contributed by atoms with Gasteiger partial charge in [0.05, 0.1) is 5.69 Å². The summed E-state index contributed by atoms with van der Waals surface area (Å²) in [6, 6.07) is 8.85. The van der Waals surface area contributed by atoms with Crippen LogP contribution in [0.3, 0.4) is 0 Å². The maximum absolute atomic E-state index is 11.7. The summed E-state index contributed by atoms with van der Waals surface area (Å²) in [6.45, 7) is 4.08. The molecule has 0 radical (unpaired) electrons. The van der Waals surface area contributed by atoms with Gasteiger partial charge in [0.15, 0.2) is 0 Å². The monoisotopic (exact) mass is 341 g/mol. The summed E-state index contributed by atoms with van der Waals surface area (Å²) in [4.78, 5) is 27.2. The van der Waals surface area contributed by atoms with Crippen LogP contribution in [0.1, 0.15) is 30.0 Å². The zero-order chi connectivity index (χ0) is 18.4. The summed E-state index contributed by atoms with van der Waals surface area (Å²) in [5.41, 5.74) is 3.23. The minimum Gasteiger partial charge on any atom is -0.480 e. The summed E-state index contributed by atoms with van der Waals surface area (Å²) >= 11 is 0. The molecule has 0 aliphatic heterocycles. The molecule has 0 saturated heterocycles. The van der Waals surface area contributed by atoms with E-state index in [1.165, 1.54) is 4.57 Å². The molecule has 2 rings (SSSR count). The normalized spacial score (nSPS) is 12.4. The van der Waals surface area contributed by atoms with Crippen LogP contribution in [-0.2, 0) is 18.4 Å². The molecule has 0 spiro atoms. The number of carboxylic acid groups (broad SMARTS) is 1. The van der Waals surface area contributed by atoms with Crippen LogP contribution in [0.15, 0.2) is 46.3 Å². The fraction of sp³-hybridized carbons (Fsp3) is 0.316. The molecule has 1 heterocycles. The Morgan fingerprint density at radius 1 is 1.40 bits per heavy atom. The van der Waals surface area contributed by atoms with Gasteiger partial charge >= 0.3 is 5.97 Å². The number of benzene rings is 1. The highest BCUT2D eigenvalue weighted by molar-refractivity contribution is 5.81. The molecule has 1 aromatic carbocycles. The molecule has 0 aliphatic carbocycles. The number of carboxylic acids is 1. The molecule has 0 bridgehead atoms. The lowest BCUT2D eigenvalue weighted by molar-refractivity contribution is -0.139. The number of hydrogen-bond donors (Lipinski definition) is 2. The van der Waals surface area contributed by atoms with Crippen molar-refractivity contribution >= 4 is 17.9 Å². The van der Waals surface area contributed by atoms with E-state index in [1.54, 1.807) is 32.4 Å². The number of carbonyl (C=O) groups is 1. The lowest BCUT2D eigenvalue weighted by Crippen LogP contribution is -2.35. The molecule has 132 valence electrons. The summed E-state index contributed by atoms with van der Waals surface area (Å²) in [6.07, 6.45) is 3.98. The highest BCUT2D eigenvalue weighted by Gasteiger charge is 2.13. The van der Waals surface area contributed by atoms with E-state index in [4.69, 9.17) is 5.11 Å². The van der Waals surface area contributed by atoms with Crippen LogP contribution in [0.5, 0.6) is 0 Å². The van der Waals surface area contributed by atoms with Crippen LogP contribution in [-0.4, -0.2) is 27.9 Å². The number of aliphatic carboxylic acids is 1.